The summed E-state index contributed by atoms with van der Waals surface area (Å²) in [5.41, 5.74) is 2.56. The minimum Gasteiger partial charge on any atom is -0.452 e. The Morgan fingerprint density at radius 3 is 2.30 bits per heavy atom. The highest BCUT2D eigenvalue weighted by molar-refractivity contribution is 5.93. The van der Waals surface area contributed by atoms with E-state index >= 15 is 0 Å². The highest BCUT2D eigenvalue weighted by atomic mass is 16.5. The SMILES string of the molecule is CC1CCCC(C)N1C(=O)COC(=O)c1ccccc1Cc1ccccc1. The number of hydrogen-bond donors (Lipinski definition) is 0. The van der Waals surface area contributed by atoms with Crippen LogP contribution in [-0.2, 0) is 16.0 Å². The van der Waals surface area contributed by atoms with Gasteiger partial charge in [-0.1, -0.05) is 48.5 Å². The Morgan fingerprint density at radius 2 is 1.59 bits per heavy atom. The van der Waals surface area contributed by atoms with Crippen LogP contribution in [-0.4, -0.2) is 35.5 Å². The molecule has 1 saturated heterocycles. The van der Waals surface area contributed by atoms with Crippen LogP contribution in [0.15, 0.2) is 54.6 Å². The standard InChI is InChI=1S/C23H27NO3/c1-17-9-8-10-18(2)24(17)22(25)16-27-23(26)21-14-7-6-13-20(21)15-19-11-4-3-5-12-19/h3-7,11-14,17-18H,8-10,15-16H2,1-2H3. The molecule has 0 aliphatic carbocycles. The van der Waals surface area contributed by atoms with Gasteiger partial charge in [0.15, 0.2) is 6.61 Å². The van der Waals surface area contributed by atoms with Gasteiger partial charge in [0.25, 0.3) is 5.91 Å². The molecule has 4 heteroatoms. The van der Waals surface area contributed by atoms with Crippen LogP contribution >= 0.6 is 0 Å². The molecule has 0 spiro atoms. The van der Waals surface area contributed by atoms with E-state index < -0.39 is 5.97 Å². The molecule has 1 aliphatic heterocycles. The number of hydrogen-bond acceptors (Lipinski definition) is 3. The van der Waals surface area contributed by atoms with Crippen LogP contribution in [0.4, 0.5) is 0 Å². The van der Waals surface area contributed by atoms with Crippen molar-refractivity contribution in [2.45, 2.75) is 51.6 Å². The van der Waals surface area contributed by atoms with Gasteiger partial charge in [-0.3, -0.25) is 4.79 Å². The smallest absolute Gasteiger partial charge is 0.338 e. The predicted molar refractivity (Wildman–Crippen MR) is 106 cm³/mol. The van der Waals surface area contributed by atoms with Gasteiger partial charge in [-0.05, 0) is 56.7 Å². The third kappa shape index (κ3) is 4.76. The molecule has 2 atom stereocenters. The van der Waals surface area contributed by atoms with E-state index in [1.165, 1.54) is 0 Å². The summed E-state index contributed by atoms with van der Waals surface area (Å²) >= 11 is 0. The molecule has 1 heterocycles. The van der Waals surface area contributed by atoms with E-state index in [0.717, 1.165) is 30.4 Å². The van der Waals surface area contributed by atoms with Gasteiger partial charge in [0, 0.05) is 12.1 Å². The monoisotopic (exact) mass is 365 g/mol. The number of benzene rings is 2. The Morgan fingerprint density at radius 1 is 0.963 bits per heavy atom. The van der Waals surface area contributed by atoms with E-state index in [2.05, 4.69) is 13.8 Å². The fraction of sp³-hybridized carbons (Fsp3) is 0.391. The molecule has 1 amide bonds. The number of carbonyl (C=O) groups excluding carboxylic acids is 2. The highest BCUT2D eigenvalue weighted by Crippen LogP contribution is 2.23. The molecule has 0 radical (unpaired) electrons. The van der Waals surface area contributed by atoms with E-state index in [9.17, 15) is 9.59 Å². The minimum atomic E-state index is -0.438. The predicted octanol–water partition coefficient (Wildman–Crippen LogP) is 4.22. The Hall–Kier alpha value is -2.62. The molecule has 142 valence electrons. The number of carbonyl (C=O) groups is 2. The van der Waals surface area contributed by atoms with Crippen LogP contribution < -0.4 is 0 Å². The van der Waals surface area contributed by atoms with E-state index in [1.807, 2.05) is 53.4 Å². The topological polar surface area (TPSA) is 46.6 Å². The lowest BCUT2D eigenvalue weighted by molar-refractivity contribution is -0.140. The van der Waals surface area contributed by atoms with Gasteiger partial charge in [0.2, 0.25) is 0 Å². The number of esters is 1. The second-order valence-corrected chi connectivity index (χ2v) is 7.33. The number of ether oxygens (including phenoxy) is 1. The lowest BCUT2D eigenvalue weighted by Crippen LogP contribution is -2.49. The number of amides is 1. The van der Waals surface area contributed by atoms with Crippen molar-refractivity contribution in [1.82, 2.24) is 4.90 Å². The zero-order valence-corrected chi connectivity index (χ0v) is 16.1. The van der Waals surface area contributed by atoms with Crippen LogP contribution in [0.25, 0.3) is 0 Å². The number of piperidine rings is 1. The average molecular weight is 365 g/mol. The maximum absolute atomic E-state index is 12.6. The molecule has 0 aromatic heterocycles. The van der Waals surface area contributed by atoms with E-state index in [4.69, 9.17) is 4.74 Å². The number of nitrogens with zero attached hydrogens (tertiary/aromatic N) is 1. The molecule has 0 N–H and O–H groups in total. The molecule has 0 saturated carbocycles. The van der Waals surface area contributed by atoms with Crippen LogP contribution in [0.3, 0.4) is 0 Å². The van der Waals surface area contributed by atoms with Crippen molar-refractivity contribution >= 4 is 11.9 Å². The first-order chi connectivity index (χ1) is 13.1. The summed E-state index contributed by atoms with van der Waals surface area (Å²) in [7, 11) is 0. The van der Waals surface area contributed by atoms with Crippen LogP contribution in [0, 0.1) is 0 Å². The zero-order valence-electron chi connectivity index (χ0n) is 16.1. The van der Waals surface area contributed by atoms with Gasteiger partial charge < -0.3 is 9.64 Å². The molecule has 4 nitrogen and oxygen atoms in total. The van der Waals surface area contributed by atoms with Gasteiger partial charge in [0.1, 0.15) is 0 Å². The van der Waals surface area contributed by atoms with Crippen LogP contribution in [0.5, 0.6) is 0 Å². The van der Waals surface area contributed by atoms with Crippen molar-refractivity contribution in [3.05, 3.63) is 71.3 Å². The van der Waals surface area contributed by atoms with Gasteiger partial charge in [-0.25, -0.2) is 4.79 Å². The molecule has 1 fully saturated rings. The molecular weight excluding hydrogens is 338 g/mol. The Bertz CT molecular complexity index is 777. The lowest BCUT2D eigenvalue weighted by Gasteiger charge is -2.38. The van der Waals surface area contributed by atoms with Crippen molar-refractivity contribution < 1.29 is 14.3 Å². The third-order valence-electron chi connectivity index (χ3n) is 5.28. The van der Waals surface area contributed by atoms with Gasteiger partial charge in [-0.2, -0.15) is 0 Å². The van der Waals surface area contributed by atoms with E-state index in [-0.39, 0.29) is 24.6 Å². The molecule has 1 aliphatic rings. The summed E-state index contributed by atoms with van der Waals surface area (Å²) in [6.07, 6.45) is 3.80. The lowest BCUT2D eigenvalue weighted by atomic mass is 9.97. The molecule has 27 heavy (non-hydrogen) atoms. The summed E-state index contributed by atoms with van der Waals surface area (Å²) in [4.78, 5) is 27.1. The van der Waals surface area contributed by atoms with Crippen molar-refractivity contribution in [3.63, 3.8) is 0 Å². The second-order valence-electron chi connectivity index (χ2n) is 7.33. The molecule has 2 aromatic rings. The zero-order chi connectivity index (χ0) is 19.2. The molecule has 3 rings (SSSR count). The van der Waals surface area contributed by atoms with Crippen molar-refractivity contribution in [2.24, 2.45) is 0 Å². The van der Waals surface area contributed by atoms with Crippen LogP contribution in [0.2, 0.25) is 0 Å². The molecular formula is C23H27NO3. The Labute approximate surface area is 161 Å². The summed E-state index contributed by atoms with van der Waals surface area (Å²) in [5.74, 6) is -0.546. The summed E-state index contributed by atoms with van der Waals surface area (Å²) < 4.78 is 5.39. The Balaban J connectivity index is 1.65. The van der Waals surface area contributed by atoms with Gasteiger partial charge in [-0.15, -0.1) is 0 Å². The first kappa shape index (κ1) is 19.2. The second kappa shape index (κ2) is 8.85. The maximum atomic E-state index is 12.6. The molecule has 0 bridgehead atoms. The number of likely N-dealkylation sites (tertiary alicyclic amines) is 1. The van der Waals surface area contributed by atoms with E-state index in [0.29, 0.717) is 12.0 Å². The first-order valence-corrected chi connectivity index (χ1v) is 9.66. The molecule has 2 unspecified atom stereocenters. The largest absolute Gasteiger partial charge is 0.452 e. The van der Waals surface area contributed by atoms with Gasteiger partial charge in [0.05, 0.1) is 5.56 Å². The fourth-order valence-electron chi connectivity index (χ4n) is 3.88. The van der Waals surface area contributed by atoms with Crippen molar-refractivity contribution in [3.8, 4) is 0 Å². The quantitative estimate of drug-likeness (QED) is 0.745. The summed E-state index contributed by atoms with van der Waals surface area (Å²) in [5, 5.41) is 0. The third-order valence-corrected chi connectivity index (χ3v) is 5.28. The summed E-state index contributed by atoms with van der Waals surface area (Å²) in [6.45, 7) is 3.92. The fourth-order valence-corrected chi connectivity index (χ4v) is 3.88. The average Bonchev–Trinajstić information content (AvgIpc) is 2.67. The van der Waals surface area contributed by atoms with Crippen molar-refractivity contribution in [1.29, 1.82) is 0 Å². The Kier molecular flexibility index (Phi) is 6.28. The number of rotatable bonds is 5. The first-order valence-electron chi connectivity index (χ1n) is 9.66. The molecule has 2 aromatic carbocycles. The highest BCUT2D eigenvalue weighted by Gasteiger charge is 2.29. The normalized spacial score (nSPS) is 19.6. The maximum Gasteiger partial charge on any atom is 0.338 e. The minimum absolute atomic E-state index is 0.108. The van der Waals surface area contributed by atoms with Crippen molar-refractivity contribution in [2.75, 3.05) is 6.61 Å². The van der Waals surface area contributed by atoms with Crippen LogP contribution in [0.1, 0.15) is 54.6 Å². The van der Waals surface area contributed by atoms with Gasteiger partial charge >= 0.3 is 5.97 Å². The summed E-state index contributed by atoms with van der Waals surface area (Å²) in [6, 6.07) is 17.8. The van der Waals surface area contributed by atoms with E-state index in [1.54, 1.807) is 6.07 Å².